The van der Waals surface area contributed by atoms with Gasteiger partial charge in [-0.25, -0.2) is 4.79 Å². The van der Waals surface area contributed by atoms with Gasteiger partial charge >= 0.3 is 5.97 Å². The fraction of sp³-hybridized carbons (Fsp3) is 0.500. The third-order valence-corrected chi connectivity index (χ3v) is 1.48. The lowest BCUT2D eigenvalue weighted by molar-refractivity contribution is -0.135. The van der Waals surface area contributed by atoms with Crippen LogP contribution in [0, 0.1) is 5.92 Å². The predicted octanol–water partition coefficient (Wildman–Crippen LogP) is 2.51. The summed E-state index contributed by atoms with van der Waals surface area (Å²) in [7, 11) is 0. The van der Waals surface area contributed by atoms with Gasteiger partial charge in [0.15, 0.2) is 0 Å². The van der Waals surface area contributed by atoms with Crippen molar-refractivity contribution in [3.8, 4) is 0 Å². The average molecular weight is 184 g/mol. The van der Waals surface area contributed by atoms with E-state index in [1.807, 2.05) is 6.92 Å². The second kappa shape index (κ2) is 5.41. The normalized spacial score (nSPS) is 13.5. The van der Waals surface area contributed by atoms with E-state index in [9.17, 15) is 4.79 Å². The average Bonchev–Trinajstić information content (AvgIpc) is 1.98. The van der Waals surface area contributed by atoms with Crippen molar-refractivity contribution in [1.29, 1.82) is 0 Å². The lowest BCUT2D eigenvalue weighted by atomic mass is 10.0. The Kier molecular flexibility index (Phi) is 4.89. The summed E-state index contributed by atoms with van der Waals surface area (Å²) in [4.78, 5) is 10.2. The molecule has 0 unspecified atom stereocenters. The summed E-state index contributed by atoms with van der Waals surface area (Å²) in [6.07, 6.45) is 3.74. The summed E-state index contributed by atoms with van der Waals surface area (Å²) in [5.74, 6) is -1.38. The first kappa shape index (κ1) is 11.8. The van der Waals surface area contributed by atoms with Crippen LogP contribution in [0.1, 0.15) is 27.2 Å². The Bertz CT molecular complexity index is 237. The van der Waals surface area contributed by atoms with E-state index in [1.165, 1.54) is 6.08 Å². The molecule has 3 heteroatoms. The molecule has 0 amide bonds. The maximum absolute atomic E-state index is 10.2. The van der Waals surface area contributed by atoms with E-state index in [-0.39, 0.29) is 0 Å². The summed E-state index contributed by atoms with van der Waals surface area (Å²) in [5.41, 5.74) is 1.06. The first-order valence-electron chi connectivity index (χ1n) is 4.23. The molecule has 0 heterocycles. The molecular formula is C10H16O3. The van der Waals surface area contributed by atoms with Gasteiger partial charge in [-0.05, 0) is 25.3 Å². The minimum atomic E-state index is -1.30. The fourth-order valence-electron chi connectivity index (χ4n) is 1.00. The Morgan fingerprint density at radius 3 is 2.23 bits per heavy atom. The van der Waals surface area contributed by atoms with Crippen LogP contribution in [-0.2, 0) is 4.79 Å². The lowest BCUT2D eigenvalue weighted by Crippen LogP contribution is -1.98. The van der Waals surface area contributed by atoms with Crippen molar-refractivity contribution in [3.63, 3.8) is 0 Å². The maximum atomic E-state index is 10.2. The van der Waals surface area contributed by atoms with E-state index in [1.54, 1.807) is 6.08 Å². The molecule has 2 N–H and O–H groups in total. The van der Waals surface area contributed by atoms with E-state index < -0.39 is 11.7 Å². The smallest absolute Gasteiger partial charge is 0.370 e. The first-order chi connectivity index (χ1) is 5.93. The highest BCUT2D eigenvalue weighted by molar-refractivity contribution is 5.84. The Balaban J connectivity index is 4.24. The highest BCUT2D eigenvalue weighted by atomic mass is 16.4. The number of hydrogen-bond donors (Lipinski definition) is 2. The Labute approximate surface area is 78.4 Å². The molecule has 3 nitrogen and oxygen atoms in total. The third kappa shape index (κ3) is 5.96. The topological polar surface area (TPSA) is 57.5 Å². The number of aliphatic carboxylic acids is 1. The van der Waals surface area contributed by atoms with E-state index in [0.717, 1.165) is 12.0 Å². The van der Waals surface area contributed by atoms with Crippen molar-refractivity contribution in [2.24, 2.45) is 5.92 Å². The van der Waals surface area contributed by atoms with Gasteiger partial charge in [0.05, 0.1) is 0 Å². The van der Waals surface area contributed by atoms with Crippen molar-refractivity contribution in [2.75, 3.05) is 0 Å². The first-order valence-corrected chi connectivity index (χ1v) is 4.23. The number of aliphatic hydroxyl groups is 1. The number of aliphatic hydroxyl groups excluding tert-OH is 1. The quantitative estimate of drug-likeness (QED) is 0.401. The largest absolute Gasteiger partial charge is 0.502 e. The van der Waals surface area contributed by atoms with Crippen molar-refractivity contribution in [1.82, 2.24) is 0 Å². The Hall–Kier alpha value is -1.25. The van der Waals surface area contributed by atoms with Gasteiger partial charge in [0.25, 0.3) is 0 Å². The highest BCUT2D eigenvalue weighted by Gasteiger charge is 2.01. The molecule has 0 rings (SSSR count). The van der Waals surface area contributed by atoms with E-state index in [2.05, 4.69) is 13.8 Å². The van der Waals surface area contributed by atoms with Crippen LogP contribution in [0.3, 0.4) is 0 Å². The number of carbonyl (C=O) groups is 1. The second-order valence-corrected chi connectivity index (χ2v) is 3.47. The van der Waals surface area contributed by atoms with E-state index in [0.29, 0.717) is 5.92 Å². The maximum Gasteiger partial charge on any atom is 0.370 e. The van der Waals surface area contributed by atoms with Crippen LogP contribution in [0.2, 0.25) is 0 Å². The van der Waals surface area contributed by atoms with Crippen molar-refractivity contribution in [2.45, 2.75) is 27.2 Å². The lowest BCUT2D eigenvalue weighted by Gasteiger charge is -2.02. The molecule has 0 bridgehead atoms. The molecule has 0 radical (unpaired) electrons. The van der Waals surface area contributed by atoms with E-state index >= 15 is 0 Å². The summed E-state index contributed by atoms with van der Waals surface area (Å²) in [5, 5.41) is 17.2. The highest BCUT2D eigenvalue weighted by Crippen LogP contribution is 2.09. The second-order valence-electron chi connectivity index (χ2n) is 3.47. The monoisotopic (exact) mass is 184 g/mol. The molecule has 0 aliphatic heterocycles. The van der Waals surface area contributed by atoms with Gasteiger partial charge in [-0.2, -0.15) is 0 Å². The zero-order valence-electron chi connectivity index (χ0n) is 8.24. The molecule has 0 fully saturated rings. The number of carboxylic acids is 1. The van der Waals surface area contributed by atoms with Gasteiger partial charge in [0.1, 0.15) is 0 Å². The molecule has 0 aromatic heterocycles. The van der Waals surface area contributed by atoms with Gasteiger partial charge in [0.2, 0.25) is 5.76 Å². The van der Waals surface area contributed by atoms with Crippen LogP contribution in [0.5, 0.6) is 0 Å². The van der Waals surface area contributed by atoms with Crippen LogP contribution in [0.25, 0.3) is 0 Å². The van der Waals surface area contributed by atoms with Crippen LogP contribution in [-0.4, -0.2) is 16.2 Å². The van der Waals surface area contributed by atoms with Crippen molar-refractivity contribution < 1.29 is 15.0 Å². The van der Waals surface area contributed by atoms with Gasteiger partial charge in [-0.15, -0.1) is 0 Å². The van der Waals surface area contributed by atoms with Crippen LogP contribution in [0.4, 0.5) is 0 Å². The zero-order valence-corrected chi connectivity index (χ0v) is 8.24. The van der Waals surface area contributed by atoms with Gasteiger partial charge in [-0.3, -0.25) is 0 Å². The van der Waals surface area contributed by atoms with Crippen LogP contribution in [0.15, 0.2) is 23.5 Å². The minimum absolute atomic E-state index is 0.539. The van der Waals surface area contributed by atoms with Gasteiger partial charge in [-0.1, -0.05) is 25.5 Å². The van der Waals surface area contributed by atoms with Crippen LogP contribution < -0.4 is 0 Å². The molecule has 74 valence electrons. The molecule has 0 saturated carbocycles. The van der Waals surface area contributed by atoms with Gasteiger partial charge < -0.3 is 10.2 Å². The molecule has 0 aliphatic carbocycles. The SMILES string of the molecule is CC(=CC=C(O)C(=O)O)CC(C)C. The minimum Gasteiger partial charge on any atom is -0.502 e. The summed E-state index contributed by atoms with van der Waals surface area (Å²) in [6, 6.07) is 0. The third-order valence-electron chi connectivity index (χ3n) is 1.48. The molecule has 13 heavy (non-hydrogen) atoms. The number of allylic oxidation sites excluding steroid dienone is 3. The van der Waals surface area contributed by atoms with Crippen molar-refractivity contribution >= 4 is 5.97 Å². The fourth-order valence-corrected chi connectivity index (χ4v) is 1.00. The van der Waals surface area contributed by atoms with E-state index in [4.69, 9.17) is 10.2 Å². The predicted molar refractivity (Wildman–Crippen MR) is 51.6 cm³/mol. The van der Waals surface area contributed by atoms with Crippen molar-refractivity contribution in [3.05, 3.63) is 23.5 Å². The summed E-state index contributed by atoms with van der Waals surface area (Å²) in [6.45, 7) is 6.07. The number of carboxylic acid groups (broad SMARTS) is 1. The zero-order chi connectivity index (χ0) is 10.4. The Morgan fingerprint density at radius 2 is 1.85 bits per heavy atom. The summed E-state index contributed by atoms with van der Waals surface area (Å²) < 4.78 is 0. The van der Waals surface area contributed by atoms with Gasteiger partial charge in [0, 0.05) is 0 Å². The molecule has 0 spiro atoms. The molecule has 0 aliphatic rings. The number of hydrogen-bond acceptors (Lipinski definition) is 2. The molecular weight excluding hydrogens is 168 g/mol. The summed E-state index contributed by atoms with van der Waals surface area (Å²) >= 11 is 0. The Morgan fingerprint density at radius 1 is 1.31 bits per heavy atom. The molecule has 0 aromatic carbocycles. The van der Waals surface area contributed by atoms with Crippen LogP contribution >= 0.6 is 0 Å². The number of rotatable bonds is 4. The molecule has 0 saturated heterocycles. The molecule has 0 aromatic rings. The standard InChI is InChI=1S/C10H16O3/c1-7(2)6-8(3)4-5-9(11)10(12)13/h4-5,7,11H,6H2,1-3H3,(H,12,13). The molecule has 0 atom stereocenters.